The molecule has 0 radical (unpaired) electrons. The molecule has 2 aromatic carbocycles. The number of hydrazone groups is 1. The van der Waals surface area contributed by atoms with E-state index in [1.807, 2.05) is 71.2 Å². The van der Waals surface area contributed by atoms with Gasteiger partial charge in [0.25, 0.3) is 0 Å². The van der Waals surface area contributed by atoms with Crippen LogP contribution in [0.2, 0.25) is 5.02 Å². The van der Waals surface area contributed by atoms with E-state index < -0.39 is 0 Å². The van der Waals surface area contributed by atoms with Crippen molar-refractivity contribution in [1.29, 1.82) is 0 Å². The molecule has 31 heavy (non-hydrogen) atoms. The highest BCUT2D eigenvalue weighted by molar-refractivity contribution is 6.30. The van der Waals surface area contributed by atoms with E-state index in [-0.39, 0.29) is 0 Å². The van der Waals surface area contributed by atoms with Crippen molar-refractivity contribution in [1.82, 2.24) is 14.6 Å². The van der Waals surface area contributed by atoms with Gasteiger partial charge in [-0.05, 0) is 17.7 Å². The molecule has 0 aliphatic carbocycles. The number of fused-ring (bicyclic) bond motifs is 1. The maximum atomic E-state index is 6.05. The lowest BCUT2D eigenvalue weighted by Crippen LogP contribution is -2.37. The lowest BCUT2D eigenvalue weighted by Gasteiger charge is -2.29. The second kappa shape index (κ2) is 8.75. The van der Waals surface area contributed by atoms with Gasteiger partial charge in [-0.2, -0.15) is 14.7 Å². The Labute approximate surface area is 184 Å². The average Bonchev–Trinajstić information content (AvgIpc) is 3.24. The molecule has 5 rings (SSSR count). The first-order chi connectivity index (χ1) is 15.3. The van der Waals surface area contributed by atoms with Gasteiger partial charge in [0, 0.05) is 35.8 Å². The number of hydrogen-bond donors (Lipinski definition) is 1. The molecule has 7 nitrogen and oxygen atoms in total. The summed E-state index contributed by atoms with van der Waals surface area (Å²) in [6.45, 7) is 2.97. The highest BCUT2D eigenvalue weighted by Crippen LogP contribution is 2.25. The fourth-order valence-corrected chi connectivity index (χ4v) is 3.74. The van der Waals surface area contributed by atoms with Crippen molar-refractivity contribution in [3.05, 3.63) is 77.3 Å². The second-order valence-corrected chi connectivity index (χ2v) is 7.63. The Kier molecular flexibility index (Phi) is 5.52. The molecule has 1 aliphatic heterocycles. The fourth-order valence-electron chi connectivity index (χ4n) is 3.54. The van der Waals surface area contributed by atoms with Crippen molar-refractivity contribution in [2.24, 2.45) is 5.10 Å². The zero-order valence-electron chi connectivity index (χ0n) is 16.8. The molecule has 1 N–H and O–H groups in total. The van der Waals surface area contributed by atoms with Crippen molar-refractivity contribution in [3.8, 4) is 11.3 Å². The van der Waals surface area contributed by atoms with Crippen molar-refractivity contribution in [3.63, 3.8) is 0 Å². The van der Waals surface area contributed by atoms with Crippen LogP contribution >= 0.6 is 11.6 Å². The Morgan fingerprint density at radius 1 is 1.00 bits per heavy atom. The molecule has 8 heteroatoms. The third kappa shape index (κ3) is 4.38. The normalized spacial score (nSPS) is 14.4. The standard InChI is InChI=1S/C23H21ClN6O/c24-19-8-4-5-17(13-19)16-25-27-21-15-23(29-9-11-31-12-10-29)30-22(26-21)14-20(28-30)18-6-2-1-3-7-18/h1-8,13-16H,9-12H2,(H,26,27)/b25-16+. The van der Waals surface area contributed by atoms with Crippen LogP contribution < -0.4 is 10.3 Å². The highest BCUT2D eigenvalue weighted by Gasteiger charge is 2.18. The highest BCUT2D eigenvalue weighted by atomic mass is 35.5. The van der Waals surface area contributed by atoms with Gasteiger partial charge in [-0.1, -0.05) is 54.1 Å². The predicted octanol–water partition coefficient (Wildman–Crippen LogP) is 4.33. The minimum absolute atomic E-state index is 0.645. The number of hydrogen-bond acceptors (Lipinski definition) is 6. The molecule has 1 aliphatic rings. The molecule has 0 atom stereocenters. The average molecular weight is 433 g/mol. The van der Waals surface area contributed by atoms with Crippen LogP contribution in [0.1, 0.15) is 5.56 Å². The van der Waals surface area contributed by atoms with Crippen LogP contribution in [0.4, 0.5) is 11.6 Å². The number of nitrogens with zero attached hydrogens (tertiary/aromatic N) is 5. The number of anilines is 2. The van der Waals surface area contributed by atoms with Crippen LogP contribution in [-0.4, -0.2) is 47.1 Å². The van der Waals surface area contributed by atoms with Gasteiger partial charge in [-0.3, -0.25) is 5.43 Å². The van der Waals surface area contributed by atoms with Crippen LogP contribution in [0.15, 0.2) is 71.8 Å². The molecule has 2 aromatic heterocycles. The van der Waals surface area contributed by atoms with Crippen LogP contribution in [0.3, 0.4) is 0 Å². The van der Waals surface area contributed by atoms with E-state index in [1.165, 1.54) is 0 Å². The number of rotatable bonds is 5. The molecule has 0 spiro atoms. The lowest BCUT2D eigenvalue weighted by molar-refractivity contribution is 0.122. The van der Waals surface area contributed by atoms with Crippen molar-refractivity contribution in [2.45, 2.75) is 0 Å². The topological polar surface area (TPSA) is 67.0 Å². The fraction of sp³-hybridized carbons (Fsp3) is 0.174. The Bertz CT molecular complexity index is 1220. The largest absolute Gasteiger partial charge is 0.378 e. The number of morpholine rings is 1. The number of benzene rings is 2. The Balaban J connectivity index is 1.50. The van der Waals surface area contributed by atoms with Crippen LogP contribution in [0.25, 0.3) is 16.9 Å². The van der Waals surface area contributed by atoms with Crippen LogP contribution in [0.5, 0.6) is 0 Å². The van der Waals surface area contributed by atoms with Gasteiger partial charge in [-0.15, -0.1) is 0 Å². The maximum Gasteiger partial charge on any atom is 0.160 e. The molecule has 0 unspecified atom stereocenters. The first kappa shape index (κ1) is 19.5. The third-order valence-corrected chi connectivity index (χ3v) is 5.29. The lowest BCUT2D eigenvalue weighted by atomic mass is 10.2. The summed E-state index contributed by atoms with van der Waals surface area (Å²) in [5.74, 6) is 1.60. The predicted molar refractivity (Wildman–Crippen MR) is 124 cm³/mol. The monoisotopic (exact) mass is 432 g/mol. The van der Waals surface area contributed by atoms with Crippen molar-refractivity contribution >= 4 is 35.1 Å². The molecule has 1 saturated heterocycles. The first-order valence-corrected chi connectivity index (χ1v) is 10.5. The van der Waals surface area contributed by atoms with E-state index in [9.17, 15) is 0 Å². The number of ether oxygens (including phenoxy) is 1. The first-order valence-electron chi connectivity index (χ1n) is 10.1. The molecule has 1 fully saturated rings. The summed E-state index contributed by atoms with van der Waals surface area (Å²) in [4.78, 5) is 6.97. The smallest absolute Gasteiger partial charge is 0.160 e. The zero-order chi connectivity index (χ0) is 21.0. The molecule has 0 bridgehead atoms. The quantitative estimate of drug-likeness (QED) is 0.375. The maximum absolute atomic E-state index is 6.05. The van der Waals surface area contributed by atoms with Crippen LogP contribution in [-0.2, 0) is 4.74 Å². The van der Waals surface area contributed by atoms with Gasteiger partial charge in [0.1, 0.15) is 5.82 Å². The van der Waals surface area contributed by atoms with Gasteiger partial charge >= 0.3 is 0 Å². The Morgan fingerprint density at radius 2 is 1.84 bits per heavy atom. The molecule has 4 aromatic rings. The molecule has 0 saturated carbocycles. The van der Waals surface area contributed by atoms with Gasteiger partial charge in [-0.25, -0.2) is 4.98 Å². The van der Waals surface area contributed by atoms with Crippen LogP contribution in [0, 0.1) is 0 Å². The van der Waals surface area contributed by atoms with Gasteiger partial charge in [0.15, 0.2) is 11.5 Å². The third-order valence-electron chi connectivity index (χ3n) is 5.05. The number of nitrogens with one attached hydrogen (secondary N) is 1. The molecule has 0 amide bonds. The van der Waals surface area contributed by atoms with Gasteiger partial charge < -0.3 is 9.64 Å². The number of halogens is 1. The summed E-state index contributed by atoms with van der Waals surface area (Å²) in [5.41, 5.74) is 6.64. The minimum atomic E-state index is 0.645. The van der Waals surface area contributed by atoms with E-state index in [4.69, 9.17) is 26.4 Å². The van der Waals surface area contributed by atoms with Crippen molar-refractivity contribution in [2.75, 3.05) is 36.6 Å². The molecule has 3 heterocycles. The summed E-state index contributed by atoms with van der Waals surface area (Å²) < 4.78 is 7.41. The van der Waals surface area contributed by atoms with E-state index in [1.54, 1.807) is 6.21 Å². The minimum Gasteiger partial charge on any atom is -0.378 e. The SMILES string of the molecule is Clc1cccc(/C=N/Nc2cc(N3CCOCC3)n3nc(-c4ccccc4)cc3n2)c1. The molecular weight excluding hydrogens is 412 g/mol. The van der Waals surface area contributed by atoms with Crippen molar-refractivity contribution < 1.29 is 4.74 Å². The second-order valence-electron chi connectivity index (χ2n) is 7.19. The van der Waals surface area contributed by atoms with Gasteiger partial charge in [0.2, 0.25) is 0 Å². The summed E-state index contributed by atoms with van der Waals surface area (Å²) in [5, 5.41) is 9.84. The summed E-state index contributed by atoms with van der Waals surface area (Å²) in [7, 11) is 0. The molecule has 156 valence electrons. The number of aromatic nitrogens is 3. The Morgan fingerprint density at radius 3 is 2.65 bits per heavy atom. The van der Waals surface area contributed by atoms with E-state index in [2.05, 4.69) is 15.4 Å². The zero-order valence-corrected chi connectivity index (χ0v) is 17.5. The van der Waals surface area contributed by atoms with Gasteiger partial charge in [0.05, 0.1) is 25.1 Å². The Hall–Kier alpha value is -3.42. The summed E-state index contributed by atoms with van der Waals surface area (Å²) >= 11 is 6.05. The summed E-state index contributed by atoms with van der Waals surface area (Å²) in [6, 6.07) is 21.6. The molecular formula is C23H21ClN6O. The van der Waals surface area contributed by atoms with E-state index >= 15 is 0 Å². The summed E-state index contributed by atoms with van der Waals surface area (Å²) in [6.07, 6.45) is 1.72. The van der Waals surface area contributed by atoms with E-state index in [0.717, 1.165) is 41.4 Å². The van der Waals surface area contributed by atoms with E-state index in [0.29, 0.717) is 24.1 Å².